The lowest BCUT2D eigenvalue weighted by Gasteiger charge is -2.29. The van der Waals surface area contributed by atoms with Crippen LogP contribution >= 0.6 is 0 Å². The third kappa shape index (κ3) is 2.33. The first-order valence-corrected chi connectivity index (χ1v) is 5.64. The molecule has 0 bridgehead atoms. The molecule has 0 N–H and O–H groups in total. The number of aryl methyl sites for hydroxylation is 1. The van der Waals surface area contributed by atoms with Crippen molar-refractivity contribution in [2.24, 2.45) is 5.92 Å². The lowest BCUT2D eigenvalue weighted by Crippen LogP contribution is -2.24. The fourth-order valence-corrected chi connectivity index (χ4v) is 2.02. The van der Waals surface area contributed by atoms with E-state index in [9.17, 15) is 4.79 Å². The van der Waals surface area contributed by atoms with Crippen LogP contribution in [-0.2, 0) is 14.3 Å². The Morgan fingerprint density at radius 3 is 2.47 bits per heavy atom. The quantitative estimate of drug-likeness (QED) is 0.735. The minimum absolute atomic E-state index is 0.0420. The largest absolute Gasteiger partial charge is 0.500 e. The molecule has 1 aliphatic heterocycles. The van der Waals surface area contributed by atoms with E-state index in [2.05, 4.69) is 0 Å². The van der Waals surface area contributed by atoms with Crippen LogP contribution < -0.4 is 0 Å². The van der Waals surface area contributed by atoms with Gasteiger partial charge in [-0.25, -0.2) is 4.79 Å². The van der Waals surface area contributed by atoms with Gasteiger partial charge in [0, 0.05) is 0 Å². The molecule has 1 aromatic carbocycles. The molecule has 1 aliphatic rings. The highest BCUT2D eigenvalue weighted by atomic mass is 16.6. The molecule has 3 nitrogen and oxygen atoms in total. The Morgan fingerprint density at radius 1 is 1.24 bits per heavy atom. The van der Waals surface area contributed by atoms with Crippen molar-refractivity contribution in [3.05, 3.63) is 47.2 Å². The highest BCUT2D eigenvalue weighted by Gasteiger charge is 2.31. The molecule has 1 heterocycles. The number of hydrogen-bond acceptors (Lipinski definition) is 3. The van der Waals surface area contributed by atoms with Crippen molar-refractivity contribution in [1.82, 2.24) is 0 Å². The van der Waals surface area contributed by atoms with E-state index in [1.54, 1.807) is 7.11 Å². The van der Waals surface area contributed by atoms with Gasteiger partial charge in [0.25, 0.3) is 0 Å². The van der Waals surface area contributed by atoms with E-state index in [1.165, 1.54) is 11.6 Å². The zero-order valence-corrected chi connectivity index (χ0v) is 10.3. The minimum Gasteiger partial charge on any atom is -0.500 e. The first kappa shape index (κ1) is 11.7. The Kier molecular flexibility index (Phi) is 3.18. The Labute approximate surface area is 101 Å². The molecule has 0 unspecified atom stereocenters. The summed E-state index contributed by atoms with van der Waals surface area (Å²) in [5.74, 6) is 0.373. The molecule has 0 saturated heterocycles. The van der Waals surface area contributed by atoms with E-state index in [0.717, 1.165) is 5.56 Å². The maximum absolute atomic E-state index is 11.4. The highest BCUT2D eigenvalue weighted by molar-refractivity contribution is 5.83. The molecule has 0 fully saturated rings. The van der Waals surface area contributed by atoms with Crippen molar-refractivity contribution in [3.8, 4) is 0 Å². The molecule has 1 aromatic rings. The van der Waals surface area contributed by atoms with E-state index in [-0.39, 0.29) is 18.0 Å². The number of carbonyl (C=O) groups is 1. The van der Waals surface area contributed by atoms with Gasteiger partial charge in [0.2, 0.25) is 0 Å². The maximum atomic E-state index is 11.4. The number of benzene rings is 1. The van der Waals surface area contributed by atoms with E-state index in [4.69, 9.17) is 9.47 Å². The number of cyclic esters (lactones) is 1. The first-order valence-electron chi connectivity index (χ1n) is 5.64. The number of esters is 1. The van der Waals surface area contributed by atoms with Gasteiger partial charge < -0.3 is 9.47 Å². The zero-order valence-electron chi connectivity index (χ0n) is 10.3. The van der Waals surface area contributed by atoms with Crippen molar-refractivity contribution >= 4 is 5.97 Å². The third-order valence-electron chi connectivity index (χ3n) is 3.05. The Morgan fingerprint density at radius 2 is 1.88 bits per heavy atom. The molecule has 0 radical (unpaired) electrons. The fourth-order valence-electron chi connectivity index (χ4n) is 2.02. The molecule has 17 heavy (non-hydrogen) atoms. The van der Waals surface area contributed by atoms with Crippen LogP contribution in [0.25, 0.3) is 0 Å². The van der Waals surface area contributed by atoms with Crippen LogP contribution in [0.1, 0.15) is 24.2 Å². The number of methoxy groups -OCH3 is 1. The van der Waals surface area contributed by atoms with Crippen LogP contribution in [0.3, 0.4) is 0 Å². The van der Waals surface area contributed by atoms with Gasteiger partial charge in [0.15, 0.2) is 0 Å². The van der Waals surface area contributed by atoms with Crippen LogP contribution in [0, 0.1) is 12.8 Å². The summed E-state index contributed by atoms with van der Waals surface area (Å²) in [6.45, 7) is 4.02. The van der Waals surface area contributed by atoms with Crippen LogP contribution in [-0.4, -0.2) is 13.1 Å². The first-order chi connectivity index (χ1) is 8.11. The molecule has 90 valence electrons. The number of rotatable bonds is 2. The van der Waals surface area contributed by atoms with Crippen molar-refractivity contribution in [2.45, 2.75) is 20.0 Å². The smallest absolute Gasteiger partial charge is 0.334 e. The normalized spacial score (nSPS) is 23.9. The molecule has 0 spiro atoms. The van der Waals surface area contributed by atoms with Crippen molar-refractivity contribution < 1.29 is 14.3 Å². The second kappa shape index (κ2) is 4.62. The summed E-state index contributed by atoms with van der Waals surface area (Å²) in [7, 11) is 1.58. The minimum atomic E-state index is -0.342. The van der Waals surface area contributed by atoms with Crippen molar-refractivity contribution in [3.63, 3.8) is 0 Å². The van der Waals surface area contributed by atoms with E-state index in [0.29, 0.717) is 5.76 Å². The molecule has 2 rings (SSSR count). The van der Waals surface area contributed by atoms with Gasteiger partial charge in [0.1, 0.15) is 11.9 Å². The van der Waals surface area contributed by atoms with Gasteiger partial charge in [-0.05, 0) is 12.5 Å². The predicted octanol–water partition coefficient (Wildman–Crippen LogP) is 2.76. The topological polar surface area (TPSA) is 35.5 Å². The van der Waals surface area contributed by atoms with Gasteiger partial charge in [-0.15, -0.1) is 0 Å². The van der Waals surface area contributed by atoms with Crippen molar-refractivity contribution in [1.29, 1.82) is 0 Å². The zero-order chi connectivity index (χ0) is 12.4. The van der Waals surface area contributed by atoms with Gasteiger partial charge in [-0.1, -0.05) is 36.8 Å². The van der Waals surface area contributed by atoms with Crippen LogP contribution in [0.5, 0.6) is 0 Å². The second-order valence-corrected chi connectivity index (χ2v) is 4.31. The lowest BCUT2D eigenvalue weighted by molar-refractivity contribution is -0.148. The average molecular weight is 232 g/mol. The maximum Gasteiger partial charge on any atom is 0.334 e. The summed E-state index contributed by atoms with van der Waals surface area (Å²) >= 11 is 0. The molecule has 0 amide bonds. The van der Waals surface area contributed by atoms with Crippen molar-refractivity contribution in [2.75, 3.05) is 7.11 Å². The predicted molar refractivity (Wildman–Crippen MR) is 64.3 cm³/mol. The number of ether oxygens (including phenoxy) is 2. The van der Waals surface area contributed by atoms with E-state index < -0.39 is 0 Å². The Balaban J connectivity index is 2.30. The monoisotopic (exact) mass is 232 g/mol. The summed E-state index contributed by atoms with van der Waals surface area (Å²) in [4.78, 5) is 11.4. The fraction of sp³-hybridized carbons (Fsp3) is 0.357. The molecule has 0 saturated carbocycles. The summed E-state index contributed by atoms with van der Waals surface area (Å²) in [5, 5.41) is 0. The number of carbonyl (C=O) groups excluding carboxylic acids is 1. The SMILES string of the molecule is COC1=CC(=O)O[C@H](c2ccc(C)cc2)[C@H]1C. The number of hydrogen-bond donors (Lipinski definition) is 0. The molecule has 2 atom stereocenters. The van der Waals surface area contributed by atoms with Gasteiger partial charge in [-0.2, -0.15) is 0 Å². The summed E-state index contributed by atoms with van der Waals surface area (Å²) in [5.41, 5.74) is 2.19. The van der Waals surface area contributed by atoms with E-state index >= 15 is 0 Å². The van der Waals surface area contributed by atoms with E-state index in [1.807, 2.05) is 38.1 Å². The molecular weight excluding hydrogens is 216 g/mol. The second-order valence-electron chi connectivity index (χ2n) is 4.31. The molecule has 3 heteroatoms. The Hall–Kier alpha value is -1.77. The summed E-state index contributed by atoms with van der Waals surface area (Å²) < 4.78 is 10.6. The van der Waals surface area contributed by atoms with Gasteiger partial charge in [-0.3, -0.25) is 0 Å². The third-order valence-corrected chi connectivity index (χ3v) is 3.05. The van der Waals surface area contributed by atoms with Crippen LogP contribution in [0.4, 0.5) is 0 Å². The summed E-state index contributed by atoms with van der Waals surface area (Å²) in [6.07, 6.45) is 1.15. The van der Waals surface area contributed by atoms with Gasteiger partial charge in [0.05, 0.1) is 19.1 Å². The Bertz CT molecular complexity index is 445. The average Bonchev–Trinajstić information content (AvgIpc) is 2.33. The standard InChI is InChI=1S/C14H16O3/c1-9-4-6-11(7-5-9)14-10(2)12(16-3)8-13(15)17-14/h4-8,10,14H,1-3H3/t10-,14-/m0/s1. The highest BCUT2D eigenvalue weighted by Crippen LogP contribution is 2.34. The van der Waals surface area contributed by atoms with Crippen LogP contribution in [0.2, 0.25) is 0 Å². The van der Waals surface area contributed by atoms with Crippen LogP contribution in [0.15, 0.2) is 36.1 Å². The molecular formula is C14H16O3. The summed E-state index contributed by atoms with van der Waals surface area (Å²) in [6, 6.07) is 8.01. The lowest BCUT2D eigenvalue weighted by atomic mass is 9.93. The molecule has 0 aliphatic carbocycles. The van der Waals surface area contributed by atoms with Gasteiger partial charge >= 0.3 is 5.97 Å². The molecule has 0 aromatic heterocycles.